The van der Waals surface area contributed by atoms with Gasteiger partial charge in [-0.3, -0.25) is 9.11 Å². The van der Waals surface area contributed by atoms with Crippen LogP contribution < -0.4 is 4.90 Å². The van der Waals surface area contributed by atoms with Crippen LogP contribution in [0.1, 0.15) is 36.1 Å². The summed E-state index contributed by atoms with van der Waals surface area (Å²) in [5.41, 5.74) is 0.311. The molecular formula is C32H28F5N2O6S2+. The quantitative estimate of drug-likeness (QED) is 0.110. The molecule has 3 aromatic carbocycles. The summed E-state index contributed by atoms with van der Waals surface area (Å²) in [5.74, 6) is -10.4. The van der Waals surface area contributed by atoms with E-state index in [4.69, 9.17) is 0 Å². The van der Waals surface area contributed by atoms with Gasteiger partial charge < -0.3 is 4.90 Å². The number of hydrogen-bond acceptors (Lipinski definition) is 5. The summed E-state index contributed by atoms with van der Waals surface area (Å²) >= 11 is 0. The fraction of sp³-hybridized carbons (Fsp3) is 0.219. The maximum Gasteiger partial charge on any atom is 0.294 e. The molecule has 0 spiro atoms. The lowest BCUT2D eigenvalue weighted by Gasteiger charge is -2.39. The maximum absolute atomic E-state index is 15.4. The highest BCUT2D eigenvalue weighted by Gasteiger charge is 2.41. The third-order valence-corrected chi connectivity index (χ3v) is 10.1. The number of hydrogen-bond donors (Lipinski definition) is 2. The van der Waals surface area contributed by atoms with E-state index in [-0.39, 0.29) is 28.8 Å². The Bertz CT molecular complexity index is 2210. The van der Waals surface area contributed by atoms with Crippen LogP contribution in [0.15, 0.2) is 75.6 Å². The zero-order chi connectivity index (χ0) is 35.0. The van der Waals surface area contributed by atoms with Gasteiger partial charge in [-0.25, -0.2) is 26.5 Å². The molecule has 0 bridgehead atoms. The van der Waals surface area contributed by atoms with Crippen LogP contribution >= 0.6 is 0 Å². The largest absolute Gasteiger partial charge is 0.370 e. The van der Waals surface area contributed by atoms with Crippen LogP contribution in [0, 0.1) is 29.1 Å². The SMILES string of the molecule is CN(Cc1ccc(S(=O)(=O)O)cc1S(=O)(=O)O)c1ccc2c(c1)C(C)(C)C1=CC(=[N+](C)C)C=CC1=C2c1c(F)c(F)c(F)c(F)c1F. The van der Waals surface area contributed by atoms with Crippen molar-refractivity contribution in [3.63, 3.8) is 0 Å². The highest BCUT2D eigenvalue weighted by atomic mass is 32.2. The molecule has 0 heterocycles. The lowest BCUT2D eigenvalue weighted by Crippen LogP contribution is -2.31. The Labute approximate surface area is 268 Å². The van der Waals surface area contributed by atoms with Crippen molar-refractivity contribution >= 4 is 37.2 Å². The Morgan fingerprint density at radius 2 is 1.40 bits per heavy atom. The molecule has 8 nitrogen and oxygen atoms in total. The van der Waals surface area contributed by atoms with Gasteiger partial charge in [0.15, 0.2) is 29.0 Å². The molecule has 0 saturated carbocycles. The lowest BCUT2D eigenvalue weighted by atomic mass is 9.64. The summed E-state index contributed by atoms with van der Waals surface area (Å²) in [5, 5.41) is 0. The summed E-state index contributed by atoms with van der Waals surface area (Å²) in [6, 6.07) is 7.29. The Hall–Kier alpha value is -4.18. The Morgan fingerprint density at radius 1 is 0.809 bits per heavy atom. The molecule has 0 aromatic heterocycles. The van der Waals surface area contributed by atoms with Crippen LogP contribution in [-0.4, -0.2) is 57.4 Å². The molecule has 2 N–H and O–H groups in total. The summed E-state index contributed by atoms with van der Waals surface area (Å²) in [6.07, 6.45) is 4.99. The minimum Gasteiger partial charge on any atom is -0.370 e. The first-order valence-electron chi connectivity index (χ1n) is 13.8. The van der Waals surface area contributed by atoms with Crippen molar-refractivity contribution in [1.29, 1.82) is 0 Å². The number of rotatable bonds is 6. The topological polar surface area (TPSA) is 115 Å². The average Bonchev–Trinajstić information content (AvgIpc) is 2.99. The van der Waals surface area contributed by atoms with E-state index in [0.717, 1.165) is 12.1 Å². The third-order valence-electron chi connectivity index (χ3n) is 8.33. The van der Waals surface area contributed by atoms with E-state index >= 15 is 8.78 Å². The summed E-state index contributed by atoms with van der Waals surface area (Å²) in [7, 11) is -4.64. The molecule has 248 valence electrons. The van der Waals surface area contributed by atoms with Crippen LogP contribution in [0.3, 0.4) is 0 Å². The Balaban J connectivity index is 1.73. The standard InChI is InChI=1S/C32H27F5N2O6S2/c1-32(2)22-12-17(38(3)4)7-10-20(22)25(26-27(33)29(35)31(37)30(36)28(26)34)21-11-8-18(13-23(21)32)39(5)15-16-6-9-19(46(40,41)42)14-24(16)47(43,44)45/h6-14H,15H2,1-5H3,(H-,40,41,42,43,44,45)/p+1. The molecule has 0 amide bonds. The molecule has 15 heteroatoms. The molecule has 0 unspecified atom stereocenters. The van der Waals surface area contributed by atoms with Crippen molar-refractivity contribution in [3.05, 3.63) is 117 Å². The molecule has 0 fully saturated rings. The first-order valence-corrected chi connectivity index (χ1v) is 16.7. The molecule has 5 rings (SSSR count). The zero-order valence-electron chi connectivity index (χ0n) is 25.5. The van der Waals surface area contributed by atoms with E-state index in [9.17, 15) is 39.1 Å². The van der Waals surface area contributed by atoms with Gasteiger partial charge in [-0.1, -0.05) is 26.0 Å². The fourth-order valence-electron chi connectivity index (χ4n) is 5.85. The summed E-state index contributed by atoms with van der Waals surface area (Å²) < 4.78 is 142. The van der Waals surface area contributed by atoms with E-state index in [1.807, 2.05) is 13.8 Å². The second kappa shape index (κ2) is 11.5. The van der Waals surface area contributed by atoms with Gasteiger partial charge in [0, 0.05) is 42.4 Å². The normalized spacial score (nSPS) is 15.7. The highest BCUT2D eigenvalue weighted by Crippen LogP contribution is 2.51. The average molecular weight is 696 g/mol. The van der Waals surface area contributed by atoms with E-state index < -0.39 is 70.1 Å². The van der Waals surface area contributed by atoms with Crippen molar-refractivity contribution < 1.29 is 52.5 Å². The second-order valence-electron chi connectivity index (χ2n) is 11.9. The second-order valence-corrected chi connectivity index (χ2v) is 14.7. The fourth-order valence-corrected chi connectivity index (χ4v) is 7.17. The molecule has 47 heavy (non-hydrogen) atoms. The number of allylic oxidation sites excluding steroid dienone is 5. The smallest absolute Gasteiger partial charge is 0.294 e. The predicted octanol–water partition coefficient (Wildman–Crippen LogP) is 5.81. The van der Waals surface area contributed by atoms with Crippen molar-refractivity contribution in [2.45, 2.75) is 35.6 Å². The number of fused-ring (bicyclic) bond motifs is 2. The number of benzene rings is 3. The van der Waals surface area contributed by atoms with Crippen LogP contribution in [-0.2, 0) is 32.2 Å². The van der Waals surface area contributed by atoms with Crippen LogP contribution in [0.25, 0.3) is 5.57 Å². The lowest BCUT2D eigenvalue weighted by molar-refractivity contribution is -0.462. The minimum atomic E-state index is -4.95. The van der Waals surface area contributed by atoms with E-state index in [0.29, 0.717) is 28.6 Å². The minimum absolute atomic E-state index is 0.0333. The number of nitrogens with zero attached hydrogens (tertiary/aromatic N) is 2. The molecule has 2 aliphatic rings. The van der Waals surface area contributed by atoms with Crippen molar-refractivity contribution in [3.8, 4) is 0 Å². The maximum atomic E-state index is 15.4. The highest BCUT2D eigenvalue weighted by molar-refractivity contribution is 7.86. The van der Waals surface area contributed by atoms with Gasteiger partial charge in [-0.2, -0.15) is 16.8 Å². The summed E-state index contributed by atoms with van der Waals surface area (Å²) in [6.45, 7) is 3.44. The van der Waals surface area contributed by atoms with Crippen LogP contribution in [0.4, 0.5) is 27.6 Å². The monoisotopic (exact) mass is 695 g/mol. The first kappa shape index (κ1) is 34.2. The number of anilines is 1. The van der Waals surface area contributed by atoms with Crippen molar-refractivity contribution in [1.82, 2.24) is 0 Å². The molecule has 3 aromatic rings. The van der Waals surface area contributed by atoms with Gasteiger partial charge in [0.05, 0.1) is 10.5 Å². The van der Waals surface area contributed by atoms with Crippen LogP contribution in [0.5, 0.6) is 0 Å². The van der Waals surface area contributed by atoms with Gasteiger partial charge >= 0.3 is 0 Å². The van der Waals surface area contributed by atoms with E-state index in [1.165, 1.54) is 17.0 Å². The van der Waals surface area contributed by atoms with E-state index in [2.05, 4.69) is 0 Å². The van der Waals surface area contributed by atoms with Crippen molar-refractivity contribution in [2.24, 2.45) is 0 Å². The van der Waals surface area contributed by atoms with Crippen LogP contribution in [0.2, 0.25) is 0 Å². The molecule has 2 aliphatic carbocycles. The zero-order valence-corrected chi connectivity index (χ0v) is 27.2. The predicted molar refractivity (Wildman–Crippen MR) is 164 cm³/mol. The van der Waals surface area contributed by atoms with E-state index in [1.54, 1.807) is 50.0 Å². The van der Waals surface area contributed by atoms with Gasteiger partial charge in [0.2, 0.25) is 5.82 Å². The molecule has 0 radical (unpaired) electrons. The van der Waals surface area contributed by atoms with Gasteiger partial charge in [0.1, 0.15) is 19.0 Å². The summed E-state index contributed by atoms with van der Waals surface area (Å²) in [4.78, 5) is 0.0287. The number of halogens is 5. The first-order chi connectivity index (χ1) is 21.7. The van der Waals surface area contributed by atoms with Gasteiger partial charge in [-0.05, 0) is 58.2 Å². The molecular weight excluding hydrogens is 667 g/mol. The van der Waals surface area contributed by atoms with Gasteiger partial charge in [0.25, 0.3) is 20.2 Å². The molecule has 0 aliphatic heterocycles. The Morgan fingerprint density at radius 3 is 1.96 bits per heavy atom. The van der Waals surface area contributed by atoms with Crippen molar-refractivity contribution in [2.75, 3.05) is 26.0 Å². The van der Waals surface area contributed by atoms with Gasteiger partial charge in [-0.15, -0.1) is 0 Å². The Kier molecular flexibility index (Phi) is 8.36. The third kappa shape index (κ3) is 5.81. The molecule has 0 saturated heterocycles. The molecule has 0 atom stereocenters.